The number of aryl methyl sites for hydroxylation is 1. The van der Waals surface area contributed by atoms with E-state index in [4.69, 9.17) is 17.3 Å². The van der Waals surface area contributed by atoms with Crippen LogP contribution in [-0.4, -0.2) is 25.6 Å². The van der Waals surface area contributed by atoms with Gasteiger partial charge in [-0.3, -0.25) is 4.79 Å². The number of aliphatic carboxylic acids is 1. The first-order valence-electron chi connectivity index (χ1n) is 6.48. The predicted octanol–water partition coefficient (Wildman–Crippen LogP) is 2.45. The van der Waals surface area contributed by atoms with Gasteiger partial charge in [0.05, 0.1) is 18.3 Å². The highest BCUT2D eigenvalue weighted by atomic mass is 32.1. The van der Waals surface area contributed by atoms with Crippen LogP contribution in [0, 0.1) is 4.64 Å². The Morgan fingerprint density at radius 1 is 1.47 bits per heavy atom. The van der Waals surface area contributed by atoms with Crippen molar-refractivity contribution in [3.05, 3.63) is 22.2 Å². The minimum Gasteiger partial charge on any atom is -0.481 e. The molecule has 0 saturated heterocycles. The number of aromatic amines is 1. The molecule has 1 aliphatic rings. The van der Waals surface area contributed by atoms with E-state index in [9.17, 15) is 4.79 Å². The fourth-order valence-electron chi connectivity index (χ4n) is 2.93. The summed E-state index contributed by atoms with van der Waals surface area (Å²) in [6.07, 6.45) is 5.88. The van der Waals surface area contributed by atoms with Crippen molar-refractivity contribution in [1.82, 2.24) is 14.5 Å². The molecule has 0 radical (unpaired) electrons. The third-order valence-electron chi connectivity index (χ3n) is 3.70. The van der Waals surface area contributed by atoms with Gasteiger partial charge in [-0.15, -0.1) is 0 Å². The Hall–Kier alpha value is -1.69. The van der Waals surface area contributed by atoms with E-state index in [1.165, 1.54) is 6.42 Å². The van der Waals surface area contributed by atoms with Crippen LogP contribution >= 0.6 is 12.2 Å². The smallest absolute Gasteiger partial charge is 0.307 e. The molecular formula is C13H15N3O2S. The zero-order valence-electron chi connectivity index (χ0n) is 10.5. The molecule has 2 aromatic rings. The van der Waals surface area contributed by atoms with E-state index in [1.54, 1.807) is 6.33 Å². The SMILES string of the molecule is O=C(O)Cc1c2n(c3c(=S)nc[nH]c13)CCCCC2. The van der Waals surface area contributed by atoms with Gasteiger partial charge in [0.15, 0.2) is 4.64 Å². The average molecular weight is 277 g/mol. The number of hydrogen-bond donors (Lipinski definition) is 2. The number of carboxylic acids is 1. The second-order valence-electron chi connectivity index (χ2n) is 4.89. The van der Waals surface area contributed by atoms with Crippen molar-refractivity contribution in [2.24, 2.45) is 0 Å². The van der Waals surface area contributed by atoms with E-state index >= 15 is 0 Å². The molecule has 0 spiro atoms. The summed E-state index contributed by atoms with van der Waals surface area (Å²) in [4.78, 5) is 18.3. The lowest BCUT2D eigenvalue weighted by molar-refractivity contribution is -0.136. The van der Waals surface area contributed by atoms with Crippen molar-refractivity contribution >= 4 is 29.2 Å². The van der Waals surface area contributed by atoms with Crippen LogP contribution < -0.4 is 0 Å². The molecular weight excluding hydrogens is 262 g/mol. The third kappa shape index (κ3) is 2.06. The van der Waals surface area contributed by atoms with Gasteiger partial charge in [0.25, 0.3) is 0 Å². The second-order valence-corrected chi connectivity index (χ2v) is 5.28. The summed E-state index contributed by atoms with van der Waals surface area (Å²) in [6.45, 7) is 0.897. The van der Waals surface area contributed by atoms with Crippen molar-refractivity contribution in [3.8, 4) is 0 Å². The largest absolute Gasteiger partial charge is 0.481 e. The highest BCUT2D eigenvalue weighted by Gasteiger charge is 2.21. The van der Waals surface area contributed by atoms with E-state index in [0.717, 1.165) is 48.1 Å². The number of fused-ring (bicyclic) bond motifs is 3. The molecule has 0 amide bonds. The Morgan fingerprint density at radius 3 is 3.11 bits per heavy atom. The lowest BCUT2D eigenvalue weighted by Gasteiger charge is -2.06. The Kier molecular flexibility index (Phi) is 3.10. The summed E-state index contributed by atoms with van der Waals surface area (Å²) in [5.74, 6) is -0.810. The van der Waals surface area contributed by atoms with Gasteiger partial charge in [0, 0.05) is 17.8 Å². The maximum Gasteiger partial charge on any atom is 0.307 e. The summed E-state index contributed by atoms with van der Waals surface area (Å²) in [6, 6.07) is 0. The van der Waals surface area contributed by atoms with Crippen molar-refractivity contribution < 1.29 is 9.90 Å². The van der Waals surface area contributed by atoms with Crippen LogP contribution in [0.4, 0.5) is 0 Å². The topological polar surface area (TPSA) is 70.9 Å². The van der Waals surface area contributed by atoms with Gasteiger partial charge in [-0.05, 0) is 19.3 Å². The van der Waals surface area contributed by atoms with Crippen LogP contribution in [0.3, 0.4) is 0 Å². The van der Waals surface area contributed by atoms with E-state index in [-0.39, 0.29) is 6.42 Å². The third-order valence-corrected chi connectivity index (χ3v) is 4.00. The molecule has 6 heteroatoms. The van der Waals surface area contributed by atoms with E-state index in [0.29, 0.717) is 4.64 Å². The van der Waals surface area contributed by atoms with Gasteiger partial charge < -0.3 is 14.7 Å². The normalized spacial score (nSPS) is 15.2. The summed E-state index contributed by atoms with van der Waals surface area (Å²) < 4.78 is 2.72. The number of carbonyl (C=O) groups is 1. The van der Waals surface area contributed by atoms with Crippen LogP contribution in [0.1, 0.15) is 30.5 Å². The molecule has 0 fully saturated rings. The van der Waals surface area contributed by atoms with Gasteiger partial charge in [0.2, 0.25) is 0 Å². The Morgan fingerprint density at radius 2 is 2.32 bits per heavy atom. The number of H-pyrrole nitrogens is 1. The predicted molar refractivity (Wildman–Crippen MR) is 73.8 cm³/mol. The minimum absolute atomic E-state index is 0.0358. The van der Waals surface area contributed by atoms with Crippen molar-refractivity contribution in [2.75, 3.05) is 0 Å². The molecule has 5 nitrogen and oxygen atoms in total. The number of aromatic nitrogens is 3. The lowest BCUT2D eigenvalue weighted by Crippen LogP contribution is -2.05. The molecule has 3 heterocycles. The molecule has 0 unspecified atom stereocenters. The van der Waals surface area contributed by atoms with Crippen LogP contribution in [0.5, 0.6) is 0 Å². The fourth-order valence-corrected chi connectivity index (χ4v) is 3.19. The number of nitrogens with zero attached hydrogens (tertiary/aromatic N) is 2. The Balaban J connectivity index is 2.33. The fraction of sp³-hybridized carbons (Fsp3) is 0.462. The van der Waals surface area contributed by atoms with Crippen LogP contribution in [-0.2, 0) is 24.2 Å². The van der Waals surface area contributed by atoms with Crippen molar-refractivity contribution in [1.29, 1.82) is 0 Å². The molecule has 1 aliphatic heterocycles. The first-order chi connectivity index (χ1) is 9.18. The summed E-state index contributed by atoms with van der Waals surface area (Å²) in [5, 5.41) is 9.12. The van der Waals surface area contributed by atoms with Crippen molar-refractivity contribution in [3.63, 3.8) is 0 Å². The molecule has 0 aliphatic carbocycles. The average Bonchev–Trinajstić information content (AvgIpc) is 2.54. The number of carboxylic acid groups (broad SMARTS) is 1. The highest BCUT2D eigenvalue weighted by Crippen LogP contribution is 2.29. The first kappa shape index (κ1) is 12.3. The number of nitrogens with one attached hydrogen (secondary N) is 1. The van der Waals surface area contributed by atoms with Crippen LogP contribution in [0.2, 0.25) is 0 Å². The zero-order chi connectivity index (χ0) is 13.4. The quantitative estimate of drug-likeness (QED) is 0.827. The standard InChI is InChI=1S/C13H15N3O2S/c17-10(18)6-8-9-4-2-1-3-5-16(9)12-11(8)14-7-15-13(12)19/h7H,1-6H2,(H,17,18)(H,14,15,19). The summed E-state index contributed by atoms with van der Waals surface area (Å²) in [7, 11) is 0. The van der Waals surface area contributed by atoms with Gasteiger partial charge in [-0.25, -0.2) is 4.98 Å². The van der Waals surface area contributed by atoms with Crippen molar-refractivity contribution in [2.45, 2.75) is 38.6 Å². The lowest BCUT2D eigenvalue weighted by atomic mass is 10.1. The molecule has 0 aromatic carbocycles. The molecule has 19 heavy (non-hydrogen) atoms. The summed E-state index contributed by atoms with van der Waals surface area (Å²) in [5.41, 5.74) is 3.73. The molecule has 0 atom stereocenters. The van der Waals surface area contributed by atoms with E-state index in [2.05, 4.69) is 14.5 Å². The Bertz CT molecular complexity index is 702. The first-order valence-corrected chi connectivity index (χ1v) is 6.88. The Labute approximate surface area is 115 Å². The zero-order valence-corrected chi connectivity index (χ0v) is 11.3. The maximum atomic E-state index is 11.1. The van der Waals surface area contributed by atoms with E-state index < -0.39 is 5.97 Å². The van der Waals surface area contributed by atoms with E-state index in [1.807, 2.05) is 0 Å². The van der Waals surface area contributed by atoms with Gasteiger partial charge in [0.1, 0.15) is 5.52 Å². The van der Waals surface area contributed by atoms with Crippen LogP contribution in [0.15, 0.2) is 6.33 Å². The maximum absolute atomic E-state index is 11.1. The van der Waals surface area contributed by atoms with Gasteiger partial charge in [-0.1, -0.05) is 18.6 Å². The molecule has 2 aromatic heterocycles. The number of hydrogen-bond acceptors (Lipinski definition) is 3. The highest BCUT2D eigenvalue weighted by molar-refractivity contribution is 7.71. The second kappa shape index (κ2) is 4.77. The molecule has 3 rings (SSSR count). The molecule has 0 bridgehead atoms. The summed E-state index contributed by atoms with van der Waals surface area (Å²) >= 11 is 5.31. The minimum atomic E-state index is -0.810. The molecule has 100 valence electrons. The van der Waals surface area contributed by atoms with Crippen LogP contribution in [0.25, 0.3) is 11.0 Å². The number of rotatable bonds is 2. The monoisotopic (exact) mass is 277 g/mol. The molecule has 2 N–H and O–H groups in total. The van der Waals surface area contributed by atoms with Gasteiger partial charge in [-0.2, -0.15) is 0 Å². The van der Waals surface area contributed by atoms with Gasteiger partial charge >= 0.3 is 5.97 Å². The molecule has 0 saturated carbocycles.